The molecule has 0 aromatic heterocycles. The van der Waals surface area contributed by atoms with Gasteiger partial charge in [0.25, 0.3) is 0 Å². The molecule has 1 fully saturated rings. The summed E-state index contributed by atoms with van der Waals surface area (Å²) in [5, 5.41) is 0. The molecule has 0 aromatic carbocycles. The number of morpholine rings is 1. The first-order chi connectivity index (χ1) is 5.20. The van der Waals surface area contributed by atoms with Crippen molar-refractivity contribution in [3.05, 3.63) is 0 Å². The number of hydrogen-bond donors (Lipinski definition) is 1. The van der Waals surface area contributed by atoms with Gasteiger partial charge in [-0.15, -0.1) is 0 Å². The zero-order valence-corrected chi connectivity index (χ0v) is 7.42. The van der Waals surface area contributed by atoms with E-state index in [9.17, 15) is 0 Å². The highest BCUT2D eigenvalue weighted by molar-refractivity contribution is 4.73. The number of hydrogen-bond acceptors (Lipinski definition) is 3. The maximum Gasteiger partial charge on any atom is 0.0619 e. The van der Waals surface area contributed by atoms with Crippen molar-refractivity contribution in [2.45, 2.75) is 25.9 Å². The lowest BCUT2D eigenvalue weighted by molar-refractivity contribution is -0.00200. The van der Waals surface area contributed by atoms with E-state index in [1.807, 2.05) is 6.92 Å². The third-order valence-electron chi connectivity index (χ3n) is 2.03. The Morgan fingerprint density at radius 1 is 1.73 bits per heavy atom. The van der Waals surface area contributed by atoms with Crippen LogP contribution >= 0.6 is 0 Å². The second kappa shape index (κ2) is 4.04. The summed E-state index contributed by atoms with van der Waals surface area (Å²) in [6.07, 6.45) is 0. The van der Waals surface area contributed by atoms with Gasteiger partial charge in [0.15, 0.2) is 0 Å². The van der Waals surface area contributed by atoms with Crippen molar-refractivity contribution in [1.82, 2.24) is 4.90 Å². The average molecular weight is 158 g/mol. The van der Waals surface area contributed by atoms with Crippen molar-refractivity contribution in [3.8, 4) is 0 Å². The second-order valence-corrected chi connectivity index (χ2v) is 3.40. The van der Waals surface area contributed by atoms with Gasteiger partial charge in [-0.1, -0.05) is 0 Å². The van der Waals surface area contributed by atoms with Gasteiger partial charge in [-0.05, 0) is 13.8 Å². The zero-order valence-electron chi connectivity index (χ0n) is 7.42. The van der Waals surface area contributed by atoms with Gasteiger partial charge < -0.3 is 10.5 Å². The molecular formula is C8H18N2O. The SMILES string of the molecule is C[C@H](N)CN1CCOC[C@@H]1C. The Kier molecular flexibility index (Phi) is 3.30. The fraction of sp³-hybridized carbons (Fsp3) is 1.00. The molecule has 1 aliphatic heterocycles. The van der Waals surface area contributed by atoms with Crippen LogP contribution in [0.15, 0.2) is 0 Å². The summed E-state index contributed by atoms with van der Waals surface area (Å²) in [7, 11) is 0. The fourth-order valence-corrected chi connectivity index (χ4v) is 1.40. The van der Waals surface area contributed by atoms with Gasteiger partial charge >= 0.3 is 0 Å². The van der Waals surface area contributed by atoms with Crippen molar-refractivity contribution in [3.63, 3.8) is 0 Å². The molecule has 66 valence electrons. The van der Waals surface area contributed by atoms with E-state index in [2.05, 4.69) is 11.8 Å². The zero-order chi connectivity index (χ0) is 8.27. The van der Waals surface area contributed by atoms with Gasteiger partial charge in [0.2, 0.25) is 0 Å². The van der Waals surface area contributed by atoms with E-state index in [1.54, 1.807) is 0 Å². The number of nitrogens with zero attached hydrogens (tertiary/aromatic N) is 1. The van der Waals surface area contributed by atoms with E-state index >= 15 is 0 Å². The van der Waals surface area contributed by atoms with Crippen LogP contribution in [0, 0.1) is 0 Å². The van der Waals surface area contributed by atoms with Crippen LogP contribution in [0.5, 0.6) is 0 Å². The van der Waals surface area contributed by atoms with Gasteiger partial charge in [-0.2, -0.15) is 0 Å². The van der Waals surface area contributed by atoms with Crippen molar-refractivity contribution < 1.29 is 4.74 Å². The monoisotopic (exact) mass is 158 g/mol. The molecule has 1 heterocycles. The average Bonchev–Trinajstić information content (AvgIpc) is 1.93. The predicted molar refractivity (Wildman–Crippen MR) is 45.5 cm³/mol. The maximum absolute atomic E-state index is 5.70. The van der Waals surface area contributed by atoms with Crippen LogP contribution in [0.4, 0.5) is 0 Å². The minimum absolute atomic E-state index is 0.274. The maximum atomic E-state index is 5.70. The van der Waals surface area contributed by atoms with Gasteiger partial charge in [0.05, 0.1) is 13.2 Å². The Morgan fingerprint density at radius 3 is 3.00 bits per heavy atom. The van der Waals surface area contributed by atoms with Crippen LogP contribution in [0.2, 0.25) is 0 Å². The van der Waals surface area contributed by atoms with Crippen LogP contribution in [-0.2, 0) is 4.74 Å². The number of nitrogens with two attached hydrogens (primary N) is 1. The van der Waals surface area contributed by atoms with Crippen molar-refractivity contribution in [2.75, 3.05) is 26.3 Å². The minimum atomic E-state index is 0.274. The molecule has 3 nitrogen and oxygen atoms in total. The van der Waals surface area contributed by atoms with Gasteiger partial charge in [0.1, 0.15) is 0 Å². The molecule has 0 saturated carbocycles. The lowest BCUT2D eigenvalue weighted by atomic mass is 10.2. The van der Waals surface area contributed by atoms with Gasteiger partial charge in [-0.25, -0.2) is 0 Å². The molecule has 11 heavy (non-hydrogen) atoms. The first-order valence-electron chi connectivity index (χ1n) is 4.27. The third-order valence-corrected chi connectivity index (χ3v) is 2.03. The molecule has 1 aliphatic rings. The molecule has 3 heteroatoms. The Balaban J connectivity index is 2.29. The highest BCUT2D eigenvalue weighted by atomic mass is 16.5. The van der Waals surface area contributed by atoms with Crippen LogP contribution in [0.25, 0.3) is 0 Å². The standard InChI is InChI=1S/C8H18N2O/c1-7(9)5-10-3-4-11-6-8(10)2/h7-8H,3-6,9H2,1-2H3/t7-,8-/m0/s1. The Hall–Kier alpha value is -0.120. The van der Waals surface area contributed by atoms with E-state index in [1.165, 1.54) is 0 Å². The highest BCUT2D eigenvalue weighted by Gasteiger charge is 2.18. The molecule has 0 amide bonds. The van der Waals surface area contributed by atoms with Gasteiger partial charge in [0, 0.05) is 25.2 Å². The summed E-state index contributed by atoms with van der Waals surface area (Å²) in [6.45, 7) is 7.96. The normalized spacial score (nSPS) is 30.3. The van der Waals surface area contributed by atoms with Crippen LogP contribution in [0.1, 0.15) is 13.8 Å². The van der Waals surface area contributed by atoms with E-state index in [0.717, 1.165) is 26.3 Å². The second-order valence-electron chi connectivity index (χ2n) is 3.40. The molecule has 0 aliphatic carbocycles. The summed E-state index contributed by atoms with van der Waals surface area (Å²) in [4.78, 5) is 2.38. The Morgan fingerprint density at radius 2 is 2.45 bits per heavy atom. The topological polar surface area (TPSA) is 38.5 Å². The van der Waals surface area contributed by atoms with E-state index in [-0.39, 0.29) is 6.04 Å². The fourth-order valence-electron chi connectivity index (χ4n) is 1.40. The summed E-state index contributed by atoms with van der Waals surface area (Å²) < 4.78 is 5.31. The molecule has 1 rings (SSSR count). The molecule has 1 saturated heterocycles. The largest absolute Gasteiger partial charge is 0.379 e. The predicted octanol–water partition coefficient (Wildman–Crippen LogP) is 0.0543. The molecule has 0 bridgehead atoms. The summed E-state index contributed by atoms with van der Waals surface area (Å²) in [5.74, 6) is 0. The molecule has 2 N–H and O–H groups in total. The first-order valence-corrected chi connectivity index (χ1v) is 4.27. The molecule has 2 atom stereocenters. The summed E-state index contributed by atoms with van der Waals surface area (Å²) in [5.41, 5.74) is 5.70. The van der Waals surface area contributed by atoms with Crippen LogP contribution in [0.3, 0.4) is 0 Å². The van der Waals surface area contributed by atoms with Crippen molar-refractivity contribution >= 4 is 0 Å². The third kappa shape index (κ3) is 2.77. The molecule has 0 unspecified atom stereocenters. The minimum Gasteiger partial charge on any atom is -0.379 e. The molecule has 0 radical (unpaired) electrons. The van der Waals surface area contributed by atoms with Crippen molar-refractivity contribution in [1.29, 1.82) is 0 Å². The van der Waals surface area contributed by atoms with E-state index in [4.69, 9.17) is 10.5 Å². The summed E-state index contributed by atoms with van der Waals surface area (Å²) in [6, 6.07) is 0.810. The smallest absolute Gasteiger partial charge is 0.0619 e. The molecule has 0 spiro atoms. The van der Waals surface area contributed by atoms with Crippen molar-refractivity contribution in [2.24, 2.45) is 5.73 Å². The highest BCUT2D eigenvalue weighted by Crippen LogP contribution is 2.05. The molecule has 0 aromatic rings. The Labute approximate surface area is 68.5 Å². The quantitative estimate of drug-likeness (QED) is 0.617. The summed E-state index contributed by atoms with van der Waals surface area (Å²) >= 11 is 0. The lowest BCUT2D eigenvalue weighted by Gasteiger charge is -2.34. The first kappa shape index (κ1) is 8.97. The number of rotatable bonds is 2. The Bertz CT molecular complexity index is 117. The van der Waals surface area contributed by atoms with E-state index in [0.29, 0.717) is 6.04 Å². The number of ether oxygens (including phenoxy) is 1. The van der Waals surface area contributed by atoms with Crippen LogP contribution in [-0.4, -0.2) is 43.3 Å². The lowest BCUT2D eigenvalue weighted by Crippen LogP contribution is -2.48. The molecular weight excluding hydrogens is 140 g/mol. The van der Waals surface area contributed by atoms with Crippen LogP contribution < -0.4 is 5.73 Å². The van der Waals surface area contributed by atoms with E-state index < -0.39 is 0 Å². The van der Waals surface area contributed by atoms with Gasteiger partial charge in [-0.3, -0.25) is 4.90 Å².